The molecule has 1 fully saturated rings. The lowest BCUT2D eigenvalue weighted by Crippen LogP contribution is -2.30. The van der Waals surface area contributed by atoms with E-state index >= 15 is 0 Å². The van der Waals surface area contributed by atoms with E-state index in [0.29, 0.717) is 17.0 Å². The van der Waals surface area contributed by atoms with Gasteiger partial charge in [0.05, 0.1) is 5.69 Å². The average molecular weight is 388 g/mol. The van der Waals surface area contributed by atoms with Gasteiger partial charge in [0, 0.05) is 5.56 Å². The molecule has 1 N–H and O–H groups in total. The molecule has 6 heteroatoms. The quantitative estimate of drug-likeness (QED) is 0.517. The largest absolute Gasteiger partial charge is 0.489 e. The highest BCUT2D eigenvalue weighted by Gasteiger charge is 2.34. The van der Waals surface area contributed by atoms with Gasteiger partial charge in [0.1, 0.15) is 23.9 Å². The van der Waals surface area contributed by atoms with Crippen LogP contribution >= 0.6 is 0 Å². The third-order valence-corrected chi connectivity index (χ3v) is 4.44. The normalized spacial score (nSPS) is 14.9. The van der Waals surface area contributed by atoms with Crippen molar-refractivity contribution in [2.24, 2.45) is 0 Å². The number of urea groups is 1. The van der Waals surface area contributed by atoms with Crippen LogP contribution in [0.2, 0.25) is 0 Å². The van der Waals surface area contributed by atoms with Gasteiger partial charge < -0.3 is 10.1 Å². The average Bonchev–Trinajstić information content (AvgIpc) is 3.02. The second kappa shape index (κ2) is 7.98. The molecule has 1 aliphatic heterocycles. The van der Waals surface area contributed by atoms with Gasteiger partial charge in [-0.15, -0.1) is 0 Å². The Labute approximate surface area is 167 Å². The van der Waals surface area contributed by atoms with Crippen LogP contribution < -0.4 is 15.0 Å². The molecule has 5 nitrogen and oxygen atoms in total. The molecule has 0 atom stereocenters. The van der Waals surface area contributed by atoms with E-state index in [1.54, 1.807) is 72.8 Å². The first-order valence-corrected chi connectivity index (χ1v) is 9.00. The molecule has 0 saturated carbocycles. The van der Waals surface area contributed by atoms with Crippen molar-refractivity contribution in [3.8, 4) is 5.75 Å². The predicted octanol–water partition coefficient (Wildman–Crippen LogP) is 4.50. The predicted molar refractivity (Wildman–Crippen MR) is 108 cm³/mol. The minimum atomic E-state index is -0.489. The molecule has 3 aromatic rings. The molecule has 0 aliphatic carbocycles. The molecule has 1 aliphatic rings. The van der Waals surface area contributed by atoms with E-state index in [1.165, 1.54) is 6.07 Å². The first-order valence-electron chi connectivity index (χ1n) is 9.00. The number of hydrogen-bond acceptors (Lipinski definition) is 3. The molecule has 0 bridgehead atoms. The van der Waals surface area contributed by atoms with Gasteiger partial charge in [-0.25, -0.2) is 14.1 Å². The number of imide groups is 1. The van der Waals surface area contributed by atoms with E-state index in [4.69, 9.17) is 4.74 Å². The van der Waals surface area contributed by atoms with Crippen LogP contribution in [0.15, 0.2) is 84.6 Å². The second-order valence-electron chi connectivity index (χ2n) is 6.41. The van der Waals surface area contributed by atoms with Crippen molar-refractivity contribution < 1.29 is 18.7 Å². The number of halogens is 1. The van der Waals surface area contributed by atoms with Gasteiger partial charge in [-0.2, -0.15) is 0 Å². The van der Waals surface area contributed by atoms with Crippen molar-refractivity contribution in [2.75, 3.05) is 4.90 Å². The molecule has 29 heavy (non-hydrogen) atoms. The molecule has 1 heterocycles. The van der Waals surface area contributed by atoms with Crippen molar-refractivity contribution in [2.45, 2.75) is 6.61 Å². The number of benzene rings is 3. The van der Waals surface area contributed by atoms with E-state index in [1.807, 2.05) is 6.07 Å². The molecular weight excluding hydrogens is 371 g/mol. The zero-order valence-electron chi connectivity index (χ0n) is 15.3. The van der Waals surface area contributed by atoms with E-state index in [2.05, 4.69) is 5.32 Å². The van der Waals surface area contributed by atoms with E-state index in [0.717, 1.165) is 10.5 Å². The molecular formula is C23H17FN2O3. The maximum atomic E-state index is 13.6. The van der Waals surface area contributed by atoms with Gasteiger partial charge in [-0.1, -0.05) is 48.5 Å². The van der Waals surface area contributed by atoms with Crippen LogP contribution in [0, 0.1) is 5.82 Å². The third-order valence-electron chi connectivity index (χ3n) is 4.44. The van der Waals surface area contributed by atoms with Gasteiger partial charge in [0.25, 0.3) is 5.91 Å². The SMILES string of the molecule is O=C1NC(=Cc2ccc(OCc3ccccc3F)cc2)C(=O)N1c1ccccc1. The van der Waals surface area contributed by atoms with E-state index < -0.39 is 11.9 Å². The lowest BCUT2D eigenvalue weighted by atomic mass is 10.1. The van der Waals surface area contributed by atoms with Crippen LogP contribution in [-0.4, -0.2) is 11.9 Å². The van der Waals surface area contributed by atoms with Gasteiger partial charge >= 0.3 is 6.03 Å². The number of hydrogen-bond donors (Lipinski definition) is 1. The summed E-state index contributed by atoms with van der Waals surface area (Å²) in [7, 11) is 0. The van der Waals surface area contributed by atoms with Gasteiger partial charge in [-0.3, -0.25) is 4.79 Å². The summed E-state index contributed by atoms with van der Waals surface area (Å²) in [5.41, 5.74) is 1.90. The van der Waals surface area contributed by atoms with E-state index in [-0.39, 0.29) is 18.1 Å². The van der Waals surface area contributed by atoms with Crippen LogP contribution in [0.1, 0.15) is 11.1 Å². The van der Waals surface area contributed by atoms with Crippen molar-refractivity contribution >= 4 is 23.7 Å². The smallest absolute Gasteiger partial charge is 0.333 e. The minimum Gasteiger partial charge on any atom is -0.489 e. The summed E-state index contributed by atoms with van der Waals surface area (Å²) in [6, 6.07) is 21.6. The molecule has 0 aromatic heterocycles. The van der Waals surface area contributed by atoms with Gasteiger partial charge in [0.2, 0.25) is 0 Å². The van der Waals surface area contributed by atoms with Crippen molar-refractivity contribution in [3.05, 3.63) is 102 Å². The summed E-state index contributed by atoms with van der Waals surface area (Å²) >= 11 is 0. The number of anilines is 1. The van der Waals surface area contributed by atoms with Crippen molar-refractivity contribution in [3.63, 3.8) is 0 Å². The standard InChI is InChI=1S/C23H17FN2O3/c24-20-9-5-4-6-17(20)15-29-19-12-10-16(11-13-19)14-21-22(27)26(23(28)25-21)18-7-2-1-3-8-18/h1-14H,15H2,(H,25,28). The molecule has 0 spiro atoms. The summed E-state index contributed by atoms with van der Waals surface area (Å²) in [4.78, 5) is 25.9. The molecule has 1 saturated heterocycles. The number of amides is 3. The molecule has 0 radical (unpaired) electrons. The Morgan fingerprint density at radius 1 is 0.897 bits per heavy atom. The van der Waals surface area contributed by atoms with Gasteiger partial charge in [-0.05, 0) is 42.0 Å². The third kappa shape index (κ3) is 4.01. The number of carbonyl (C=O) groups is 2. The first kappa shape index (κ1) is 18.4. The molecule has 3 aromatic carbocycles. The fraction of sp³-hybridized carbons (Fsp3) is 0.0435. The summed E-state index contributed by atoms with van der Waals surface area (Å²) in [6.45, 7) is 0.119. The molecule has 144 valence electrons. The number of nitrogens with one attached hydrogen (secondary N) is 1. The number of para-hydroxylation sites is 1. The molecule has 4 rings (SSSR count). The molecule has 3 amide bonds. The lowest BCUT2D eigenvalue weighted by molar-refractivity contribution is -0.113. The fourth-order valence-corrected chi connectivity index (χ4v) is 2.95. The minimum absolute atomic E-state index is 0.119. The maximum absolute atomic E-state index is 13.6. The number of nitrogens with zero attached hydrogens (tertiary/aromatic N) is 1. The van der Waals surface area contributed by atoms with E-state index in [9.17, 15) is 14.0 Å². The topological polar surface area (TPSA) is 58.6 Å². The summed E-state index contributed by atoms with van der Waals surface area (Å²) in [5, 5.41) is 2.59. The van der Waals surface area contributed by atoms with Crippen LogP contribution in [0.5, 0.6) is 5.75 Å². The fourth-order valence-electron chi connectivity index (χ4n) is 2.95. The maximum Gasteiger partial charge on any atom is 0.333 e. The monoisotopic (exact) mass is 388 g/mol. The lowest BCUT2D eigenvalue weighted by Gasteiger charge is -2.10. The Kier molecular flexibility index (Phi) is 5.07. The first-order chi connectivity index (χ1) is 14.1. The van der Waals surface area contributed by atoms with Crippen LogP contribution in [0.3, 0.4) is 0 Å². The van der Waals surface area contributed by atoms with Crippen molar-refractivity contribution in [1.82, 2.24) is 5.32 Å². The Morgan fingerprint density at radius 3 is 2.31 bits per heavy atom. The Hall–Kier alpha value is -3.93. The highest BCUT2D eigenvalue weighted by molar-refractivity contribution is 6.28. The zero-order valence-corrected chi connectivity index (χ0v) is 15.3. The highest BCUT2D eigenvalue weighted by atomic mass is 19.1. The number of rotatable bonds is 5. The van der Waals surface area contributed by atoms with Crippen LogP contribution in [-0.2, 0) is 11.4 Å². The summed E-state index contributed by atoms with van der Waals surface area (Å²) in [6.07, 6.45) is 1.60. The summed E-state index contributed by atoms with van der Waals surface area (Å²) < 4.78 is 19.3. The van der Waals surface area contributed by atoms with Gasteiger partial charge in [0.15, 0.2) is 0 Å². The molecule has 0 unspecified atom stereocenters. The summed E-state index contributed by atoms with van der Waals surface area (Å²) in [5.74, 6) is -0.156. The van der Waals surface area contributed by atoms with Crippen LogP contribution in [0.25, 0.3) is 6.08 Å². The second-order valence-corrected chi connectivity index (χ2v) is 6.41. The highest BCUT2D eigenvalue weighted by Crippen LogP contribution is 2.23. The van der Waals surface area contributed by atoms with Crippen LogP contribution in [0.4, 0.5) is 14.9 Å². The Bertz CT molecular complexity index is 1080. The Morgan fingerprint density at radius 2 is 1.59 bits per heavy atom. The number of ether oxygens (including phenoxy) is 1. The Balaban J connectivity index is 1.45. The zero-order chi connectivity index (χ0) is 20.2. The number of carbonyl (C=O) groups excluding carboxylic acids is 2. The van der Waals surface area contributed by atoms with Crippen molar-refractivity contribution in [1.29, 1.82) is 0 Å².